The lowest BCUT2D eigenvalue weighted by Gasteiger charge is -2.33. The molecule has 0 saturated carbocycles. The zero-order valence-electron chi connectivity index (χ0n) is 14.8. The predicted octanol–water partition coefficient (Wildman–Crippen LogP) is 3.84. The van der Waals surface area contributed by atoms with Crippen LogP contribution in [-0.4, -0.2) is 39.6 Å². The van der Waals surface area contributed by atoms with Gasteiger partial charge in [0.25, 0.3) is 0 Å². The molecule has 132 valence electrons. The molecule has 0 radical (unpaired) electrons. The van der Waals surface area contributed by atoms with Crippen LogP contribution in [0, 0.1) is 28.1 Å². The van der Waals surface area contributed by atoms with E-state index in [0.29, 0.717) is 45.9 Å². The van der Waals surface area contributed by atoms with E-state index in [1.165, 1.54) is 6.42 Å². The Morgan fingerprint density at radius 2 is 1.26 bits per heavy atom. The second-order valence-corrected chi connectivity index (χ2v) is 5.93. The van der Waals surface area contributed by atoms with Crippen LogP contribution in [0.4, 0.5) is 0 Å². The summed E-state index contributed by atoms with van der Waals surface area (Å²) in [5.74, 6) is 0. The minimum absolute atomic E-state index is 0.185. The summed E-state index contributed by atoms with van der Waals surface area (Å²) in [7, 11) is 0. The van der Waals surface area contributed by atoms with E-state index in [1.807, 2.05) is 0 Å². The molecule has 0 spiro atoms. The highest BCUT2D eigenvalue weighted by Crippen LogP contribution is 2.27. The number of nitriles is 2. The molecule has 0 N–H and O–H groups in total. The fourth-order valence-corrected chi connectivity index (χ4v) is 2.34. The Balaban J connectivity index is 4.63. The van der Waals surface area contributed by atoms with Gasteiger partial charge in [-0.15, -0.1) is 0 Å². The summed E-state index contributed by atoms with van der Waals surface area (Å²) in [5.41, 5.74) is -0.185. The van der Waals surface area contributed by atoms with Gasteiger partial charge in [-0.25, -0.2) is 0 Å². The van der Waals surface area contributed by atoms with Crippen LogP contribution in [0.3, 0.4) is 0 Å². The van der Waals surface area contributed by atoms with E-state index in [4.69, 9.17) is 24.7 Å². The van der Waals surface area contributed by atoms with Crippen molar-refractivity contribution in [3.8, 4) is 12.1 Å². The van der Waals surface area contributed by atoms with Crippen LogP contribution in [0.15, 0.2) is 0 Å². The van der Waals surface area contributed by atoms with Gasteiger partial charge in [0.05, 0.1) is 58.0 Å². The molecule has 0 rings (SSSR count). The van der Waals surface area contributed by atoms with Gasteiger partial charge in [-0.1, -0.05) is 33.1 Å². The Bertz CT molecular complexity index is 313. The first kappa shape index (κ1) is 21.9. The Hall–Kier alpha value is -1.14. The molecule has 0 fully saturated rings. The summed E-state index contributed by atoms with van der Waals surface area (Å²) in [6.45, 7) is 7.56. The van der Waals surface area contributed by atoms with Gasteiger partial charge < -0.3 is 14.2 Å². The van der Waals surface area contributed by atoms with E-state index in [9.17, 15) is 0 Å². The van der Waals surface area contributed by atoms with E-state index in [1.54, 1.807) is 0 Å². The quantitative estimate of drug-likeness (QED) is 0.403. The van der Waals surface area contributed by atoms with Crippen LogP contribution in [0.25, 0.3) is 0 Å². The zero-order valence-corrected chi connectivity index (χ0v) is 14.8. The van der Waals surface area contributed by atoms with Crippen LogP contribution in [0.1, 0.15) is 58.8 Å². The molecule has 5 heteroatoms. The molecule has 23 heavy (non-hydrogen) atoms. The third-order valence-corrected chi connectivity index (χ3v) is 3.60. The molecular weight excluding hydrogens is 292 g/mol. The van der Waals surface area contributed by atoms with Crippen molar-refractivity contribution in [2.24, 2.45) is 5.41 Å². The number of hydrogen-bond donors (Lipinski definition) is 0. The topological polar surface area (TPSA) is 75.3 Å². The molecule has 0 heterocycles. The zero-order chi connectivity index (χ0) is 17.2. The van der Waals surface area contributed by atoms with Gasteiger partial charge >= 0.3 is 0 Å². The van der Waals surface area contributed by atoms with Gasteiger partial charge in [-0.05, 0) is 12.8 Å². The van der Waals surface area contributed by atoms with Crippen LogP contribution in [0.2, 0.25) is 0 Å². The third-order valence-electron chi connectivity index (χ3n) is 3.60. The van der Waals surface area contributed by atoms with Gasteiger partial charge in [0, 0.05) is 12.0 Å². The summed E-state index contributed by atoms with van der Waals surface area (Å²) >= 11 is 0. The Morgan fingerprint density at radius 1 is 0.739 bits per heavy atom. The molecule has 0 saturated heterocycles. The third kappa shape index (κ3) is 12.0. The SMILES string of the molecule is CCCCCC(COCCC)(COCCC#N)COCCC#N. The number of nitrogens with zero attached hydrogens (tertiary/aromatic N) is 2. The van der Waals surface area contributed by atoms with Gasteiger partial charge in [-0.3, -0.25) is 0 Å². The maximum atomic E-state index is 8.63. The van der Waals surface area contributed by atoms with Gasteiger partial charge in [0.1, 0.15) is 0 Å². The van der Waals surface area contributed by atoms with E-state index in [2.05, 4.69) is 26.0 Å². The molecule has 5 nitrogen and oxygen atoms in total. The van der Waals surface area contributed by atoms with Crippen LogP contribution >= 0.6 is 0 Å². The molecule has 0 aromatic heterocycles. The highest BCUT2D eigenvalue weighted by atomic mass is 16.5. The largest absolute Gasteiger partial charge is 0.381 e. The standard InChI is InChI=1S/C18H32N2O3/c1-3-5-6-9-18(15-21-12-4-2,16-22-13-7-10-19)17-23-14-8-11-20/h3-9,12-17H2,1-2H3. The first-order valence-corrected chi connectivity index (χ1v) is 8.71. The average molecular weight is 324 g/mol. The molecule has 0 amide bonds. The lowest BCUT2D eigenvalue weighted by atomic mass is 9.84. The van der Waals surface area contributed by atoms with Crippen LogP contribution < -0.4 is 0 Å². The molecule has 0 atom stereocenters. The number of rotatable bonds is 16. The molecule has 0 aliphatic rings. The number of unbranched alkanes of at least 4 members (excludes halogenated alkanes) is 2. The van der Waals surface area contributed by atoms with Crippen molar-refractivity contribution in [3.05, 3.63) is 0 Å². The number of ether oxygens (including phenoxy) is 3. The molecule has 0 aromatic rings. The second-order valence-electron chi connectivity index (χ2n) is 5.93. The van der Waals surface area contributed by atoms with Crippen molar-refractivity contribution < 1.29 is 14.2 Å². The first-order chi connectivity index (χ1) is 11.2. The van der Waals surface area contributed by atoms with Crippen LogP contribution in [-0.2, 0) is 14.2 Å². The van der Waals surface area contributed by atoms with E-state index in [0.717, 1.165) is 32.3 Å². The fraction of sp³-hybridized carbons (Fsp3) is 0.889. The van der Waals surface area contributed by atoms with Crippen molar-refractivity contribution in [1.29, 1.82) is 10.5 Å². The van der Waals surface area contributed by atoms with Crippen LogP contribution in [0.5, 0.6) is 0 Å². The molecule has 0 unspecified atom stereocenters. The monoisotopic (exact) mass is 324 g/mol. The summed E-state index contributed by atoms with van der Waals surface area (Å²) in [6, 6.07) is 4.19. The minimum atomic E-state index is -0.185. The van der Waals surface area contributed by atoms with Gasteiger partial charge in [-0.2, -0.15) is 10.5 Å². The van der Waals surface area contributed by atoms with E-state index >= 15 is 0 Å². The summed E-state index contributed by atoms with van der Waals surface area (Å²) in [5, 5.41) is 17.3. The normalized spacial score (nSPS) is 11.1. The Labute approximate surface area is 141 Å². The smallest absolute Gasteiger partial charge is 0.0645 e. The highest BCUT2D eigenvalue weighted by Gasteiger charge is 2.31. The Kier molecular flexibility index (Phi) is 15.0. The highest BCUT2D eigenvalue weighted by molar-refractivity contribution is 4.80. The van der Waals surface area contributed by atoms with Gasteiger partial charge in [0.2, 0.25) is 0 Å². The maximum absolute atomic E-state index is 8.63. The molecular formula is C18H32N2O3. The summed E-state index contributed by atoms with van der Waals surface area (Å²) in [6.07, 6.45) is 6.20. The minimum Gasteiger partial charge on any atom is -0.381 e. The predicted molar refractivity (Wildman–Crippen MR) is 89.8 cm³/mol. The van der Waals surface area contributed by atoms with Crippen molar-refractivity contribution in [1.82, 2.24) is 0 Å². The summed E-state index contributed by atoms with van der Waals surface area (Å²) in [4.78, 5) is 0. The fourth-order valence-electron chi connectivity index (χ4n) is 2.34. The Morgan fingerprint density at radius 3 is 1.70 bits per heavy atom. The maximum Gasteiger partial charge on any atom is 0.0645 e. The molecule has 0 aromatic carbocycles. The molecule has 0 bridgehead atoms. The van der Waals surface area contributed by atoms with Crippen molar-refractivity contribution >= 4 is 0 Å². The molecule has 0 aliphatic heterocycles. The van der Waals surface area contributed by atoms with Crippen molar-refractivity contribution in [2.45, 2.75) is 58.8 Å². The molecule has 0 aliphatic carbocycles. The lowest BCUT2D eigenvalue weighted by molar-refractivity contribution is -0.0732. The van der Waals surface area contributed by atoms with Crippen molar-refractivity contribution in [3.63, 3.8) is 0 Å². The van der Waals surface area contributed by atoms with E-state index < -0.39 is 0 Å². The number of hydrogen-bond acceptors (Lipinski definition) is 5. The second kappa shape index (κ2) is 15.7. The first-order valence-electron chi connectivity index (χ1n) is 8.71. The lowest BCUT2D eigenvalue weighted by Crippen LogP contribution is -2.38. The van der Waals surface area contributed by atoms with E-state index in [-0.39, 0.29) is 5.41 Å². The average Bonchev–Trinajstić information content (AvgIpc) is 2.56. The van der Waals surface area contributed by atoms with Gasteiger partial charge in [0.15, 0.2) is 0 Å². The van der Waals surface area contributed by atoms with Crippen molar-refractivity contribution in [2.75, 3.05) is 39.6 Å². The summed E-state index contributed by atoms with van der Waals surface area (Å²) < 4.78 is 17.2.